The van der Waals surface area contributed by atoms with Gasteiger partial charge in [-0.15, -0.1) is 16.8 Å². The minimum Gasteiger partial charge on any atom is -0.494 e. The molecule has 0 amide bonds. The molecule has 41 heavy (non-hydrogen) atoms. The molecule has 216 valence electrons. The summed E-state index contributed by atoms with van der Waals surface area (Å²) in [4.78, 5) is 13.1. The molecule has 1 aromatic carbocycles. The molecule has 0 unspecified atom stereocenters. The number of nitrogens with one attached hydrogen (secondary N) is 1. The number of ether oxygens (including phenoxy) is 4. The van der Waals surface area contributed by atoms with Crippen molar-refractivity contribution < 1.29 is 27.4 Å². The first kappa shape index (κ1) is 29.4. The molecule has 0 radical (unpaired) electrons. The highest BCUT2D eigenvalue weighted by atomic mass is 32.2. The van der Waals surface area contributed by atoms with Gasteiger partial charge in [0.15, 0.2) is 11.6 Å². The number of pyridine rings is 1. The van der Waals surface area contributed by atoms with Gasteiger partial charge in [-0.05, 0) is 37.6 Å². The van der Waals surface area contributed by atoms with E-state index in [1.54, 1.807) is 48.8 Å². The first-order valence-corrected chi connectivity index (χ1v) is 14.0. The Kier molecular flexibility index (Phi) is 9.14. The summed E-state index contributed by atoms with van der Waals surface area (Å²) >= 11 is 0. The third kappa shape index (κ3) is 6.28. The molecule has 2 atom stereocenters. The summed E-state index contributed by atoms with van der Waals surface area (Å²) in [6, 6.07) is 10.2. The fourth-order valence-electron chi connectivity index (χ4n) is 3.96. The predicted molar refractivity (Wildman–Crippen MR) is 152 cm³/mol. The number of hydrogen-bond donors (Lipinski definition) is 1. The summed E-state index contributed by atoms with van der Waals surface area (Å²) in [5, 5.41) is 7.31. The number of methoxy groups -OCH3 is 3. The average molecular weight is 582 g/mol. The van der Waals surface area contributed by atoms with Gasteiger partial charge < -0.3 is 18.9 Å². The minimum atomic E-state index is -4.19. The molecule has 0 bridgehead atoms. The van der Waals surface area contributed by atoms with Crippen molar-refractivity contribution in [1.82, 2.24) is 29.7 Å². The monoisotopic (exact) mass is 581 g/mol. The molecule has 4 rings (SSSR count). The third-order valence-electron chi connectivity index (χ3n) is 6.05. The Balaban J connectivity index is 1.85. The van der Waals surface area contributed by atoms with Crippen LogP contribution in [0.15, 0.2) is 61.4 Å². The number of nitrogens with zero attached hydrogens (tertiary/aromatic N) is 6. The minimum absolute atomic E-state index is 0.0853. The topological polar surface area (TPSA) is 152 Å². The Morgan fingerprint density at radius 1 is 1.00 bits per heavy atom. The van der Waals surface area contributed by atoms with Crippen molar-refractivity contribution in [3.63, 3.8) is 0 Å². The van der Waals surface area contributed by atoms with Crippen molar-refractivity contribution in [1.29, 1.82) is 0 Å². The van der Waals surface area contributed by atoms with Crippen LogP contribution in [0.2, 0.25) is 0 Å². The quantitative estimate of drug-likeness (QED) is 0.231. The highest BCUT2D eigenvalue weighted by molar-refractivity contribution is 7.93. The Labute approximate surface area is 238 Å². The molecule has 3 heterocycles. The van der Waals surface area contributed by atoms with E-state index in [1.807, 2.05) is 6.92 Å². The number of anilines is 1. The molecule has 1 N–H and O–H groups in total. The molecule has 0 spiro atoms. The van der Waals surface area contributed by atoms with Gasteiger partial charge in [-0.1, -0.05) is 18.2 Å². The highest BCUT2D eigenvalue weighted by Crippen LogP contribution is 2.38. The van der Waals surface area contributed by atoms with Crippen LogP contribution >= 0.6 is 0 Å². The summed E-state index contributed by atoms with van der Waals surface area (Å²) in [7, 11) is 0.272. The smallest absolute Gasteiger partial charge is 0.243 e. The van der Waals surface area contributed by atoms with E-state index in [4.69, 9.17) is 18.9 Å². The maximum atomic E-state index is 13.8. The predicted octanol–water partition coefficient (Wildman–Crippen LogP) is 3.53. The van der Waals surface area contributed by atoms with E-state index in [9.17, 15) is 8.42 Å². The lowest BCUT2D eigenvalue weighted by Gasteiger charge is -2.23. The molecule has 0 aliphatic rings. The van der Waals surface area contributed by atoms with Crippen LogP contribution in [0.5, 0.6) is 17.4 Å². The molecule has 0 fully saturated rings. The lowest BCUT2D eigenvalue weighted by Crippen LogP contribution is -2.34. The fraction of sp³-hybridized carbons (Fsp3) is 0.296. The molecule has 0 aliphatic heterocycles. The number of sulfonamides is 1. The van der Waals surface area contributed by atoms with Gasteiger partial charge in [-0.25, -0.2) is 23.4 Å². The fourth-order valence-corrected chi connectivity index (χ4v) is 5.06. The van der Waals surface area contributed by atoms with Crippen LogP contribution in [-0.2, 0) is 14.8 Å². The van der Waals surface area contributed by atoms with Crippen molar-refractivity contribution >= 4 is 16.0 Å². The van der Waals surface area contributed by atoms with Crippen LogP contribution in [-0.4, -0.2) is 71.3 Å². The SMILES string of the molecule is C=CCO[C@H](c1ncc(C)cn1)[C@H](C)S(=O)(=O)Nc1nnc(-c2cccc(OC)n2)n1-c1c(OC)cccc1OC. The van der Waals surface area contributed by atoms with Gasteiger partial charge in [0.1, 0.15) is 34.2 Å². The zero-order valence-corrected chi connectivity index (χ0v) is 24.1. The van der Waals surface area contributed by atoms with Gasteiger partial charge in [0, 0.05) is 18.5 Å². The van der Waals surface area contributed by atoms with Crippen LogP contribution in [0.25, 0.3) is 17.2 Å². The standard InChI is InChI=1S/C27H31N7O6S/c1-7-14-40-24(25-28-15-17(2)16-29-25)18(3)41(35,36)33-27-32-31-26(19-10-8-13-22(30-19)39-6)34(27)23-20(37-4)11-9-12-21(23)38-5/h7-13,15-16,18,24H,1,14H2,2-6H3,(H,32,33)/t18-,24-/m0/s1. The van der Waals surface area contributed by atoms with Crippen molar-refractivity contribution in [2.24, 2.45) is 0 Å². The Bertz CT molecular complexity index is 1590. The molecule has 14 heteroatoms. The number of hydrogen-bond acceptors (Lipinski definition) is 11. The van der Waals surface area contributed by atoms with E-state index >= 15 is 0 Å². The Morgan fingerprint density at radius 3 is 2.27 bits per heavy atom. The van der Waals surface area contributed by atoms with E-state index in [-0.39, 0.29) is 24.2 Å². The second-order valence-electron chi connectivity index (χ2n) is 8.77. The largest absolute Gasteiger partial charge is 0.494 e. The molecule has 0 aliphatic carbocycles. The van der Waals surface area contributed by atoms with Crippen LogP contribution < -0.4 is 18.9 Å². The maximum Gasteiger partial charge on any atom is 0.243 e. The number of para-hydroxylation sites is 1. The summed E-state index contributed by atoms with van der Waals surface area (Å²) < 4.78 is 54.0. The number of rotatable bonds is 13. The maximum absolute atomic E-state index is 13.8. The first-order valence-electron chi connectivity index (χ1n) is 12.4. The van der Waals surface area contributed by atoms with Crippen LogP contribution in [0.1, 0.15) is 24.4 Å². The molecule has 4 aromatic rings. The van der Waals surface area contributed by atoms with Crippen LogP contribution in [0.4, 0.5) is 5.95 Å². The first-order chi connectivity index (χ1) is 19.7. The molecule has 0 saturated heterocycles. The summed E-state index contributed by atoms with van der Waals surface area (Å²) in [5.74, 6) is 1.37. The highest BCUT2D eigenvalue weighted by Gasteiger charge is 2.35. The Morgan fingerprint density at radius 2 is 1.66 bits per heavy atom. The zero-order valence-electron chi connectivity index (χ0n) is 23.3. The number of aromatic nitrogens is 6. The molecule has 13 nitrogen and oxygen atoms in total. The van der Waals surface area contributed by atoms with E-state index in [2.05, 4.69) is 36.5 Å². The van der Waals surface area contributed by atoms with Crippen LogP contribution in [0.3, 0.4) is 0 Å². The third-order valence-corrected chi connectivity index (χ3v) is 7.74. The second-order valence-corrected chi connectivity index (χ2v) is 10.8. The number of benzene rings is 1. The van der Waals surface area contributed by atoms with Crippen molar-refractivity contribution in [3.8, 4) is 34.6 Å². The van der Waals surface area contributed by atoms with Crippen molar-refractivity contribution in [3.05, 3.63) is 72.8 Å². The van der Waals surface area contributed by atoms with Gasteiger partial charge in [-0.3, -0.25) is 9.29 Å². The van der Waals surface area contributed by atoms with Gasteiger partial charge in [0.2, 0.25) is 21.9 Å². The van der Waals surface area contributed by atoms with Crippen molar-refractivity contribution in [2.45, 2.75) is 25.2 Å². The lowest BCUT2D eigenvalue weighted by atomic mass is 10.2. The summed E-state index contributed by atoms with van der Waals surface area (Å²) in [6.07, 6.45) is 3.70. The van der Waals surface area contributed by atoms with Gasteiger partial charge in [0.25, 0.3) is 0 Å². The normalized spacial score (nSPS) is 12.8. The van der Waals surface area contributed by atoms with E-state index in [0.717, 1.165) is 5.56 Å². The second kappa shape index (κ2) is 12.7. The Hall–Kier alpha value is -4.56. The van der Waals surface area contributed by atoms with E-state index in [1.165, 1.54) is 38.9 Å². The van der Waals surface area contributed by atoms with Crippen molar-refractivity contribution in [2.75, 3.05) is 32.7 Å². The lowest BCUT2D eigenvalue weighted by molar-refractivity contribution is 0.0670. The van der Waals surface area contributed by atoms with Crippen LogP contribution in [0, 0.1) is 6.92 Å². The van der Waals surface area contributed by atoms with Gasteiger partial charge in [0.05, 0.1) is 27.9 Å². The summed E-state index contributed by atoms with van der Waals surface area (Å²) in [5.41, 5.74) is 1.54. The molecular weight excluding hydrogens is 550 g/mol. The molecule has 3 aromatic heterocycles. The summed E-state index contributed by atoms with van der Waals surface area (Å²) in [6.45, 7) is 7.07. The zero-order chi connectivity index (χ0) is 29.6. The molecular formula is C27H31N7O6S. The van der Waals surface area contributed by atoms with E-state index < -0.39 is 21.4 Å². The van der Waals surface area contributed by atoms with Gasteiger partial charge >= 0.3 is 0 Å². The van der Waals surface area contributed by atoms with Gasteiger partial charge in [-0.2, -0.15) is 0 Å². The number of aryl methyl sites for hydroxylation is 1. The average Bonchev–Trinajstić information content (AvgIpc) is 3.39. The molecule has 0 saturated carbocycles. The van der Waals surface area contributed by atoms with E-state index in [0.29, 0.717) is 28.8 Å².